The van der Waals surface area contributed by atoms with Gasteiger partial charge in [0.2, 0.25) is 0 Å². The number of nitrogens with zero attached hydrogens (tertiary/aromatic N) is 1. The zero-order chi connectivity index (χ0) is 8.10. The Hall–Kier alpha value is -0.700. The van der Waals surface area contributed by atoms with Crippen molar-refractivity contribution in [3.05, 3.63) is 22.9 Å². The van der Waals surface area contributed by atoms with Gasteiger partial charge in [-0.25, -0.2) is 0 Å². The molecule has 1 heterocycles. The van der Waals surface area contributed by atoms with E-state index in [1.54, 1.807) is 11.8 Å². The fraction of sp³-hybridized carbons (Fsp3) is 0.375. The standard InChI is InChI=1S/C8H11NOS/c1-3-7-6-8(10-9-7)4-5-11-2/h4-6H,3H2,1-2H3/b5-4-. The van der Waals surface area contributed by atoms with Gasteiger partial charge in [-0.1, -0.05) is 12.1 Å². The van der Waals surface area contributed by atoms with Gasteiger partial charge in [-0.2, -0.15) is 0 Å². The van der Waals surface area contributed by atoms with Crippen molar-refractivity contribution in [3.8, 4) is 0 Å². The van der Waals surface area contributed by atoms with E-state index in [9.17, 15) is 0 Å². The lowest BCUT2D eigenvalue weighted by Crippen LogP contribution is -1.73. The van der Waals surface area contributed by atoms with Crippen LogP contribution in [0, 0.1) is 0 Å². The zero-order valence-corrected chi connectivity index (χ0v) is 7.52. The first-order valence-electron chi connectivity index (χ1n) is 3.51. The summed E-state index contributed by atoms with van der Waals surface area (Å²) in [6.07, 6.45) is 4.85. The Morgan fingerprint density at radius 2 is 2.55 bits per heavy atom. The van der Waals surface area contributed by atoms with Gasteiger partial charge in [0.05, 0.1) is 5.69 Å². The van der Waals surface area contributed by atoms with Crippen LogP contribution in [0.3, 0.4) is 0 Å². The molecule has 1 rings (SSSR count). The third-order valence-electron chi connectivity index (χ3n) is 1.31. The average molecular weight is 169 g/mol. The lowest BCUT2D eigenvalue weighted by molar-refractivity contribution is 0.406. The number of aromatic nitrogens is 1. The van der Waals surface area contributed by atoms with Crippen molar-refractivity contribution in [2.24, 2.45) is 0 Å². The van der Waals surface area contributed by atoms with Crippen LogP contribution in [0.2, 0.25) is 0 Å². The van der Waals surface area contributed by atoms with Gasteiger partial charge in [-0.05, 0) is 24.2 Å². The highest BCUT2D eigenvalue weighted by molar-refractivity contribution is 8.01. The van der Waals surface area contributed by atoms with Crippen LogP contribution in [0.15, 0.2) is 16.0 Å². The summed E-state index contributed by atoms with van der Waals surface area (Å²) in [5.74, 6) is 0.830. The predicted octanol–water partition coefficient (Wildman–Crippen LogP) is 2.57. The summed E-state index contributed by atoms with van der Waals surface area (Å²) in [5, 5.41) is 5.82. The van der Waals surface area contributed by atoms with E-state index in [0.29, 0.717) is 0 Å². The highest BCUT2D eigenvalue weighted by atomic mass is 32.2. The van der Waals surface area contributed by atoms with E-state index in [-0.39, 0.29) is 0 Å². The largest absolute Gasteiger partial charge is 0.357 e. The molecule has 2 nitrogen and oxygen atoms in total. The van der Waals surface area contributed by atoms with Crippen LogP contribution in [0.25, 0.3) is 6.08 Å². The lowest BCUT2D eigenvalue weighted by atomic mass is 10.3. The SMILES string of the molecule is CCc1cc(/C=C\SC)on1. The van der Waals surface area contributed by atoms with E-state index >= 15 is 0 Å². The van der Waals surface area contributed by atoms with Crippen molar-refractivity contribution >= 4 is 17.8 Å². The van der Waals surface area contributed by atoms with Gasteiger partial charge in [0.1, 0.15) is 0 Å². The molecular weight excluding hydrogens is 158 g/mol. The Bertz CT molecular complexity index is 242. The minimum Gasteiger partial charge on any atom is -0.357 e. The predicted molar refractivity (Wildman–Crippen MR) is 48.4 cm³/mol. The van der Waals surface area contributed by atoms with Crippen LogP contribution in [-0.2, 0) is 6.42 Å². The fourth-order valence-corrected chi connectivity index (χ4v) is 0.979. The minimum atomic E-state index is 0.830. The van der Waals surface area contributed by atoms with Crippen LogP contribution >= 0.6 is 11.8 Å². The molecule has 60 valence electrons. The highest BCUT2D eigenvalue weighted by Gasteiger charge is 1.96. The molecule has 3 heteroatoms. The Balaban J connectivity index is 2.65. The third-order valence-corrected chi connectivity index (χ3v) is 1.72. The summed E-state index contributed by atoms with van der Waals surface area (Å²) in [7, 11) is 0. The maximum Gasteiger partial charge on any atom is 0.160 e. The Morgan fingerprint density at radius 3 is 3.09 bits per heavy atom. The van der Waals surface area contributed by atoms with Gasteiger partial charge in [0.15, 0.2) is 5.76 Å². The second-order valence-electron chi connectivity index (χ2n) is 2.11. The smallest absolute Gasteiger partial charge is 0.160 e. The second-order valence-corrected chi connectivity index (χ2v) is 2.86. The van der Waals surface area contributed by atoms with E-state index in [4.69, 9.17) is 4.52 Å². The third kappa shape index (κ3) is 2.42. The molecule has 0 fully saturated rings. The van der Waals surface area contributed by atoms with Gasteiger partial charge in [-0.15, -0.1) is 11.8 Å². The second kappa shape index (κ2) is 4.23. The van der Waals surface area contributed by atoms with Crippen molar-refractivity contribution in [3.63, 3.8) is 0 Å². The van der Waals surface area contributed by atoms with Gasteiger partial charge in [0.25, 0.3) is 0 Å². The van der Waals surface area contributed by atoms with E-state index in [0.717, 1.165) is 17.9 Å². The Labute approximate surface area is 70.7 Å². The van der Waals surface area contributed by atoms with Gasteiger partial charge in [-0.3, -0.25) is 0 Å². The Kier molecular flexibility index (Phi) is 3.23. The van der Waals surface area contributed by atoms with Crippen molar-refractivity contribution in [1.29, 1.82) is 0 Å². The molecule has 0 N–H and O–H groups in total. The van der Waals surface area contributed by atoms with Crippen LogP contribution < -0.4 is 0 Å². The molecule has 0 radical (unpaired) electrons. The van der Waals surface area contributed by atoms with Gasteiger partial charge in [0, 0.05) is 6.07 Å². The number of thioether (sulfide) groups is 1. The van der Waals surface area contributed by atoms with E-state index < -0.39 is 0 Å². The van der Waals surface area contributed by atoms with Crippen LogP contribution in [-0.4, -0.2) is 11.4 Å². The first kappa shape index (κ1) is 8.40. The van der Waals surface area contributed by atoms with Gasteiger partial charge < -0.3 is 4.52 Å². The minimum absolute atomic E-state index is 0.830. The van der Waals surface area contributed by atoms with Crippen molar-refractivity contribution in [2.45, 2.75) is 13.3 Å². The molecule has 0 aliphatic rings. The first-order chi connectivity index (χ1) is 5.36. The number of aryl methyl sites for hydroxylation is 1. The molecule has 1 aromatic rings. The van der Waals surface area contributed by atoms with E-state index in [2.05, 4.69) is 12.1 Å². The van der Waals surface area contributed by atoms with Crippen LogP contribution in [0.4, 0.5) is 0 Å². The Morgan fingerprint density at radius 1 is 1.73 bits per heavy atom. The van der Waals surface area contributed by atoms with Crippen molar-refractivity contribution in [1.82, 2.24) is 5.16 Å². The number of hydrogen-bond donors (Lipinski definition) is 0. The molecule has 0 amide bonds. The molecule has 0 unspecified atom stereocenters. The number of hydrogen-bond acceptors (Lipinski definition) is 3. The van der Waals surface area contributed by atoms with Crippen LogP contribution in [0.5, 0.6) is 0 Å². The maximum atomic E-state index is 5.01. The zero-order valence-electron chi connectivity index (χ0n) is 6.70. The van der Waals surface area contributed by atoms with Crippen molar-refractivity contribution < 1.29 is 4.52 Å². The first-order valence-corrected chi connectivity index (χ1v) is 4.80. The molecule has 11 heavy (non-hydrogen) atoms. The molecule has 0 atom stereocenters. The summed E-state index contributed by atoms with van der Waals surface area (Å²) >= 11 is 1.64. The number of rotatable bonds is 3. The molecule has 0 spiro atoms. The van der Waals surface area contributed by atoms with Gasteiger partial charge >= 0.3 is 0 Å². The van der Waals surface area contributed by atoms with Crippen LogP contribution in [0.1, 0.15) is 18.4 Å². The van der Waals surface area contributed by atoms with E-state index in [1.165, 1.54) is 0 Å². The molecule has 0 aromatic carbocycles. The molecule has 0 bridgehead atoms. The normalized spacial score (nSPS) is 11.1. The molecule has 0 saturated heterocycles. The fourth-order valence-electron chi connectivity index (χ4n) is 0.709. The molecular formula is C8H11NOS. The highest BCUT2D eigenvalue weighted by Crippen LogP contribution is 2.08. The summed E-state index contributed by atoms with van der Waals surface area (Å²) < 4.78 is 5.01. The average Bonchev–Trinajstić information content (AvgIpc) is 2.48. The summed E-state index contributed by atoms with van der Waals surface area (Å²) in [5.41, 5.74) is 1.01. The van der Waals surface area contributed by atoms with Crippen molar-refractivity contribution in [2.75, 3.05) is 6.26 Å². The molecule has 0 saturated carbocycles. The maximum absolute atomic E-state index is 5.01. The lowest BCUT2D eigenvalue weighted by Gasteiger charge is -1.77. The molecule has 0 aliphatic carbocycles. The monoisotopic (exact) mass is 169 g/mol. The quantitative estimate of drug-likeness (QED) is 0.695. The molecule has 0 aliphatic heterocycles. The molecule has 1 aromatic heterocycles. The summed E-state index contributed by atoms with van der Waals surface area (Å²) in [4.78, 5) is 0. The van der Waals surface area contributed by atoms with E-state index in [1.807, 2.05) is 23.8 Å². The summed E-state index contributed by atoms with van der Waals surface area (Å²) in [6.45, 7) is 2.06. The summed E-state index contributed by atoms with van der Waals surface area (Å²) in [6, 6.07) is 1.95. The topological polar surface area (TPSA) is 26.0 Å².